The summed E-state index contributed by atoms with van der Waals surface area (Å²) in [5, 5.41) is 2.64. The zero-order valence-corrected chi connectivity index (χ0v) is 21.1. The Balaban J connectivity index is 1.53. The number of fused-ring (bicyclic) bond motifs is 1. The van der Waals surface area contributed by atoms with Gasteiger partial charge in [0.15, 0.2) is 12.4 Å². The lowest BCUT2D eigenvalue weighted by Gasteiger charge is -2.24. The van der Waals surface area contributed by atoms with E-state index in [0.29, 0.717) is 56.2 Å². The Labute approximate surface area is 219 Å². The van der Waals surface area contributed by atoms with E-state index < -0.39 is 11.9 Å². The first-order valence-electron chi connectivity index (χ1n) is 12.0. The normalized spacial score (nSPS) is 14.1. The van der Waals surface area contributed by atoms with Crippen molar-refractivity contribution in [3.63, 3.8) is 0 Å². The lowest BCUT2D eigenvalue weighted by Crippen LogP contribution is -2.38. The fraction of sp³-hybridized carbons (Fsp3) is 0.346. The van der Waals surface area contributed by atoms with Gasteiger partial charge < -0.3 is 20.7 Å². The number of hydrogen-bond donors (Lipinski definition) is 2. The standard InChI is InChI=1S/C26H29ClN6O4/c27-11-13-30-23(34)17-37-21-7-4-18(5-8-21)16-32(14-10-19-3-1-2-12-29-19)25-26(36)33-20(15-31-25)6-9-22(33)24(28)35/h1-5,7-8,12,15,22H,6,9-11,13-14,16-17H2,(H2,28,35)(H,30,34)/t22-/m0/s1. The molecule has 1 aromatic carbocycles. The van der Waals surface area contributed by atoms with E-state index in [1.165, 1.54) is 4.57 Å². The van der Waals surface area contributed by atoms with Gasteiger partial charge in [0.1, 0.15) is 11.8 Å². The molecule has 10 nitrogen and oxygen atoms in total. The fourth-order valence-electron chi connectivity index (χ4n) is 4.27. The third-order valence-electron chi connectivity index (χ3n) is 6.12. The van der Waals surface area contributed by atoms with Crippen molar-refractivity contribution in [2.75, 3.05) is 30.5 Å². The number of hydrogen-bond acceptors (Lipinski definition) is 7. The Morgan fingerprint density at radius 2 is 2.00 bits per heavy atom. The summed E-state index contributed by atoms with van der Waals surface area (Å²) >= 11 is 5.57. The molecule has 0 aliphatic carbocycles. The molecule has 0 bridgehead atoms. The summed E-state index contributed by atoms with van der Waals surface area (Å²) in [6.45, 7) is 1.15. The zero-order valence-electron chi connectivity index (χ0n) is 20.3. The number of nitrogens with zero attached hydrogens (tertiary/aromatic N) is 4. The van der Waals surface area contributed by atoms with Crippen molar-refractivity contribution >= 4 is 29.2 Å². The van der Waals surface area contributed by atoms with Gasteiger partial charge in [-0.2, -0.15) is 0 Å². The number of ether oxygens (including phenoxy) is 1. The molecule has 0 fully saturated rings. The Bertz CT molecular complexity index is 1280. The molecular formula is C26H29ClN6O4. The highest BCUT2D eigenvalue weighted by atomic mass is 35.5. The number of aryl methyl sites for hydroxylation is 1. The van der Waals surface area contributed by atoms with E-state index in [-0.39, 0.29) is 23.9 Å². The number of pyridine rings is 1. The maximum Gasteiger partial charge on any atom is 0.294 e. The minimum atomic E-state index is -0.667. The highest BCUT2D eigenvalue weighted by molar-refractivity contribution is 6.18. The summed E-state index contributed by atoms with van der Waals surface area (Å²) in [5.74, 6) is 0.366. The molecule has 0 saturated carbocycles. The van der Waals surface area contributed by atoms with Crippen LogP contribution < -0.4 is 26.2 Å². The number of nitrogens with two attached hydrogens (primary N) is 1. The maximum atomic E-state index is 13.5. The van der Waals surface area contributed by atoms with Crippen LogP contribution in [0.4, 0.5) is 5.82 Å². The zero-order chi connectivity index (χ0) is 26.2. The van der Waals surface area contributed by atoms with Crippen molar-refractivity contribution < 1.29 is 14.3 Å². The topological polar surface area (TPSA) is 132 Å². The number of alkyl halides is 1. The van der Waals surface area contributed by atoms with Gasteiger partial charge in [0.25, 0.3) is 11.5 Å². The van der Waals surface area contributed by atoms with Crippen LogP contribution in [0.5, 0.6) is 5.75 Å². The van der Waals surface area contributed by atoms with E-state index in [4.69, 9.17) is 22.1 Å². The SMILES string of the molecule is NC(=O)[C@@H]1CCc2cnc(N(CCc3ccccn3)Cc3ccc(OCC(=O)NCCCl)cc3)c(=O)n21. The molecule has 0 unspecified atom stereocenters. The number of anilines is 1. The Morgan fingerprint density at radius 1 is 1.19 bits per heavy atom. The smallest absolute Gasteiger partial charge is 0.294 e. The first kappa shape index (κ1) is 26.2. The molecule has 4 rings (SSSR count). The first-order valence-corrected chi connectivity index (χ1v) is 12.6. The van der Waals surface area contributed by atoms with Gasteiger partial charge in [0, 0.05) is 55.7 Å². The van der Waals surface area contributed by atoms with Crippen LogP contribution in [-0.2, 0) is 29.0 Å². The van der Waals surface area contributed by atoms with E-state index in [1.54, 1.807) is 24.5 Å². The molecule has 1 aliphatic heterocycles. The largest absolute Gasteiger partial charge is 0.484 e. The number of nitrogens with one attached hydrogen (secondary N) is 1. The lowest BCUT2D eigenvalue weighted by atomic mass is 10.2. The third kappa shape index (κ3) is 6.65. The Hall–Kier alpha value is -3.92. The molecule has 2 amide bonds. The highest BCUT2D eigenvalue weighted by Crippen LogP contribution is 2.24. The van der Waals surface area contributed by atoms with Crippen molar-refractivity contribution in [3.8, 4) is 5.75 Å². The summed E-state index contributed by atoms with van der Waals surface area (Å²) < 4.78 is 7.01. The average Bonchev–Trinajstić information content (AvgIpc) is 3.36. The molecule has 2 aromatic heterocycles. The molecule has 0 spiro atoms. The summed E-state index contributed by atoms with van der Waals surface area (Å²) in [7, 11) is 0. The average molecular weight is 525 g/mol. The van der Waals surface area contributed by atoms with Crippen LogP contribution in [0.2, 0.25) is 0 Å². The van der Waals surface area contributed by atoms with Gasteiger partial charge in [-0.1, -0.05) is 18.2 Å². The molecule has 37 heavy (non-hydrogen) atoms. The molecule has 1 aliphatic rings. The Morgan fingerprint density at radius 3 is 2.70 bits per heavy atom. The molecular weight excluding hydrogens is 496 g/mol. The molecule has 3 heterocycles. The van der Waals surface area contributed by atoms with E-state index in [2.05, 4.69) is 15.3 Å². The van der Waals surface area contributed by atoms with Crippen LogP contribution in [-0.4, -0.2) is 51.9 Å². The van der Waals surface area contributed by atoms with Gasteiger partial charge in [0.2, 0.25) is 5.91 Å². The number of carbonyl (C=O) groups is 2. The molecule has 11 heteroatoms. The van der Waals surface area contributed by atoms with Crippen LogP contribution in [0.1, 0.15) is 29.4 Å². The van der Waals surface area contributed by atoms with Crippen molar-refractivity contribution in [2.24, 2.45) is 5.73 Å². The number of primary amides is 1. The summed E-state index contributed by atoms with van der Waals surface area (Å²) in [6.07, 6.45) is 5.06. The number of aromatic nitrogens is 3. The van der Waals surface area contributed by atoms with Crippen molar-refractivity contribution in [2.45, 2.75) is 31.8 Å². The lowest BCUT2D eigenvalue weighted by molar-refractivity contribution is -0.123. The summed E-state index contributed by atoms with van der Waals surface area (Å²) in [6, 6.07) is 12.3. The number of carbonyl (C=O) groups excluding carboxylic acids is 2. The monoisotopic (exact) mass is 524 g/mol. The molecule has 3 aromatic rings. The fourth-order valence-corrected chi connectivity index (χ4v) is 4.37. The van der Waals surface area contributed by atoms with Crippen LogP contribution >= 0.6 is 11.6 Å². The van der Waals surface area contributed by atoms with Gasteiger partial charge >= 0.3 is 0 Å². The minimum Gasteiger partial charge on any atom is -0.484 e. The van der Waals surface area contributed by atoms with Crippen LogP contribution in [0.3, 0.4) is 0 Å². The predicted octanol–water partition coefficient (Wildman–Crippen LogP) is 1.59. The number of rotatable bonds is 12. The molecule has 0 saturated heterocycles. The number of benzene rings is 1. The van der Waals surface area contributed by atoms with Crippen LogP contribution in [0.25, 0.3) is 0 Å². The molecule has 0 radical (unpaired) electrons. The van der Waals surface area contributed by atoms with Gasteiger partial charge in [-0.3, -0.25) is 23.9 Å². The van der Waals surface area contributed by atoms with E-state index in [9.17, 15) is 14.4 Å². The first-order chi connectivity index (χ1) is 18.0. The third-order valence-corrected chi connectivity index (χ3v) is 6.31. The number of halogens is 1. The van der Waals surface area contributed by atoms with Gasteiger partial charge in [-0.25, -0.2) is 4.98 Å². The van der Waals surface area contributed by atoms with Gasteiger partial charge in [-0.15, -0.1) is 11.6 Å². The molecule has 194 valence electrons. The summed E-state index contributed by atoms with van der Waals surface area (Å²) in [4.78, 5) is 47.9. The second-order valence-corrected chi connectivity index (χ2v) is 9.05. The van der Waals surface area contributed by atoms with Crippen molar-refractivity contribution in [3.05, 3.63) is 82.2 Å². The summed E-state index contributed by atoms with van der Waals surface area (Å²) in [5.41, 5.74) is 7.74. The highest BCUT2D eigenvalue weighted by Gasteiger charge is 2.30. The van der Waals surface area contributed by atoms with Crippen molar-refractivity contribution in [1.82, 2.24) is 19.9 Å². The van der Waals surface area contributed by atoms with Crippen LogP contribution in [0, 0.1) is 0 Å². The maximum absolute atomic E-state index is 13.5. The minimum absolute atomic E-state index is 0.108. The quantitative estimate of drug-likeness (QED) is 0.344. The Kier molecular flexibility index (Phi) is 8.73. The van der Waals surface area contributed by atoms with Crippen LogP contribution in [0.15, 0.2) is 59.7 Å². The van der Waals surface area contributed by atoms with Crippen molar-refractivity contribution in [1.29, 1.82) is 0 Å². The second kappa shape index (κ2) is 12.4. The van der Waals surface area contributed by atoms with E-state index >= 15 is 0 Å². The second-order valence-electron chi connectivity index (χ2n) is 8.67. The van der Waals surface area contributed by atoms with Gasteiger partial charge in [0.05, 0.1) is 0 Å². The molecule has 1 atom stereocenters. The van der Waals surface area contributed by atoms with E-state index in [1.807, 2.05) is 35.2 Å². The van der Waals surface area contributed by atoms with Gasteiger partial charge in [-0.05, 0) is 42.7 Å². The molecule has 3 N–H and O–H groups in total. The predicted molar refractivity (Wildman–Crippen MR) is 140 cm³/mol. The number of amides is 2. The van der Waals surface area contributed by atoms with E-state index in [0.717, 1.165) is 11.3 Å².